The Balaban J connectivity index is 2.55. The normalized spacial score (nSPS) is 11.4. The van der Waals surface area contributed by atoms with Gasteiger partial charge in [-0.25, -0.2) is 0 Å². The number of aromatic hydroxyl groups is 1. The van der Waals surface area contributed by atoms with Crippen LogP contribution in [0.2, 0.25) is 0 Å². The zero-order chi connectivity index (χ0) is 11.1. The lowest BCUT2D eigenvalue weighted by Crippen LogP contribution is -1.84. The Bertz CT molecular complexity index is 350. The highest BCUT2D eigenvalue weighted by Gasteiger charge is 1.96. The molecule has 1 N–H and O–H groups in total. The SMILES string of the molecule is C=CCC/C(C)=C/Cc1ccccc1O. The van der Waals surface area contributed by atoms with E-state index in [2.05, 4.69) is 19.6 Å². The van der Waals surface area contributed by atoms with E-state index in [1.807, 2.05) is 24.3 Å². The molecular formula is C14H18O. The molecule has 0 atom stereocenters. The molecule has 1 heteroatoms. The van der Waals surface area contributed by atoms with Crippen LogP contribution in [-0.4, -0.2) is 5.11 Å². The van der Waals surface area contributed by atoms with Gasteiger partial charge in [-0.05, 0) is 37.8 Å². The topological polar surface area (TPSA) is 20.2 Å². The van der Waals surface area contributed by atoms with Gasteiger partial charge in [0.25, 0.3) is 0 Å². The number of rotatable bonds is 5. The number of phenols is 1. The Morgan fingerprint density at radius 1 is 1.40 bits per heavy atom. The number of hydrogen-bond donors (Lipinski definition) is 1. The van der Waals surface area contributed by atoms with Crippen molar-refractivity contribution in [3.63, 3.8) is 0 Å². The Hall–Kier alpha value is -1.50. The number of phenolic OH excluding ortho intramolecular Hbond substituents is 1. The zero-order valence-corrected chi connectivity index (χ0v) is 9.24. The van der Waals surface area contributed by atoms with Gasteiger partial charge >= 0.3 is 0 Å². The monoisotopic (exact) mass is 202 g/mol. The predicted octanol–water partition coefficient (Wildman–Crippen LogP) is 3.85. The summed E-state index contributed by atoms with van der Waals surface area (Å²) in [6.45, 7) is 5.81. The van der Waals surface area contributed by atoms with Crippen molar-refractivity contribution in [2.75, 3.05) is 0 Å². The molecule has 0 fully saturated rings. The van der Waals surface area contributed by atoms with E-state index < -0.39 is 0 Å². The summed E-state index contributed by atoms with van der Waals surface area (Å²) < 4.78 is 0. The molecule has 1 aromatic carbocycles. The molecule has 0 saturated carbocycles. The van der Waals surface area contributed by atoms with E-state index in [1.165, 1.54) is 5.57 Å². The lowest BCUT2D eigenvalue weighted by molar-refractivity contribution is 0.469. The first kappa shape index (κ1) is 11.6. The van der Waals surface area contributed by atoms with Crippen molar-refractivity contribution in [1.82, 2.24) is 0 Å². The number of allylic oxidation sites excluding steroid dienone is 3. The lowest BCUT2D eigenvalue weighted by Gasteiger charge is -2.02. The fourth-order valence-corrected chi connectivity index (χ4v) is 1.40. The number of hydrogen-bond acceptors (Lipinski definition) is 1. The summed E-state index contributed by atoms with van der Waals surface area (Å²) in [5.74, 6) is 0.380. The van der Waals surface area contributed by atoms with Crippen LogP contribution in [0.15, 0.2) is 48.6 Å². The summed E-state index contributed by atoms with van der Waals surface area (Å²) in [7, 11) is 0. The molecule has 1 rings (SSSR count). The third-order valence-corrected chi connectivity index (χ3v) is 2.40. The van der Waals surface area contributed by atoms with E-state index in [1.54, 1.807) is 6.07 Å². The third kappa shape index (κ3) is 4.03. The van der Waals surface area contributed by atoms with E-state index in [4.69, 9.17) is 0 Å². The highest BCUT2D eigenvalue weighted by atomic mass is 16.3. The number of para-hydroxylation sites is 1. The minimum atomic E-state index is 0.380. The Morgan fingerprint density at radius 3 is 2.80 bits per heavy atom. The molecule has 0 aliphatic rings. The first-order valence-corrected chi connectivity index (χ1v) is 5.27. The van der Waals surface area contributed by atoms with Crippen molar-refractivity contribution in [3.8, 4) is 5.75 Å². The maximum atomic E-state index is 9.55. The van der Waals surface area contributed by atoms with Crippen molar-refractivity contribution >= 4 is 0 Å². The summed E-state index contributed by atoms with van der Waals surface area (Å²) in [6.07, 6.45) is 6.96. The highest BCUT2D eigenvalue weighted by molar-refractivity contribution is 5.33. The largest absolute Gasteiger partial charge is 0.508 e. The third-order valence-electron chi connectivity index (χ3n) is 2.40. The summed E-state index contributed by atoms with van der Waals surface area (Å²) in [5, 5.41) is 9.55. The van der Waals surface area contributed by atoms with Gasteiger partial charge in [0.1, 0.15) is 5.75 Å². The molecule has 1 aromatic rings. The van der Waals surface area contributed by atoms with Crippen LogP contribution in [0.3, 0.4) is 0 Å². The van der Waals surface area contributed by atoms with Crippen LogP contribution in [0.1, 0.15) is 25.3 Å². The molecular weight excluding hydrogens is 184 g/mol. The predicted molar refractivity (Wildman–Crippen MR) is 65.0 cm³/mol. The van der Waals surface area contributed by atoms with Crippen molar-refractivity contribution in [3.05, 3.63) is 54.1 Å². The van der Waals surface area contributed by atoms with Crippen LogP contribution >= 0.6 is 0 Å². The zero-order valence-electron chi connectivity index (χ0n) is 9.24. The fourth-order valence-electron chi connectivity index (χ4n) is 1.40. The van der Waals surface area contributed by atoms with Gasteiger partial charge in [-0.1, -0.05) is 35.9 Å². The maximum absolute atomic E-state index is 9.55. The van der Waals surface area contributed by atoms with Gasteiger partial charge in [-0.2, -0.15) is 0 Å². The van der Waals surface area contributed by atoms with Crippen LogP contribution in [-0.2, 0) is 6.42 Å². The molecule has 0 aliphatic heterocycles. The molecule has 0 unspecified atom stereocenters. The number of benzene rings is 1. The smallest absolute Gasteiger partial charge is 0.119 e. The van der Waals surface area contributed by atoms with Crippen molar-refractivity contribution in [1.29, 1.82) is 0 Å². The van der Waals surface area contributed by atoms with Crippen molar-refractivity contribution in [2.24, 2.45) is 0 Å². The van der Waals surface area contributed by atoms with Gasteiger partial charge in [-0.15, -0.1) is 6.58 Å². The first-order valence-electron chi connectivity index (χ1n) is 5.27. The molecule has 0 aromatic heterocycles. The molecule has 0 radical (unpaired) electrons. The van der Waals surface area contributed by atoms with Crippen LogP contribution in [0.4, 0.5) is 0 Å². The maximum Gasteiger partial charge on any atom is 0.119 e. The standard InChI is InChI=1S/C14H18O/c1-3-4-7-12(2)10-11-13-8-5-6-9-14(13)15/h3,5-6,8-10,15H,1,4,7,11H2,2H3/b12-10+. The molecule has 0 aliphatic carbocycles. The molecule has 15 heavy (non-hydrogen) atoms. The molecule has 0 heterocycles. The average Bonchev–Trinajstić information content (AvgIpc) is 2.25. The second-order valence-electron chi connectivity index (χ2n) is 3.71. The van der Waals surface area contributed by atoms with Gasteiger partial charge < -0.3 is 5.11 Å². The molecule has 0 saturated heterocycles. The Morgan fingerprint density at radius 2 is 2.13 bits per heavy atom. The summed E-state index contributed by atoms with van der Waals surface area (Å²) in [4.78, 5) is 0. The molecule has 0 amide bonds. The molecule has 0 spiro atoms. The van der Waals surface area contributed by atoms with Gasteiger partial charge in [0.05, 0.1) is 0 Å². The molecule has 1 nitrogen and oxygen atoms in total. The molecule has 0 bridgehead atoms. The lowest BCUT2D eigenvalue weighted by atomic mass is 10.1. The second-order valence-corrected chi connectivity index (χ2v) is 3.71. The van der Waals surface area contributed by atoms with Crippen LogP contribution in [0.5, 0.6) is 5.75 Å². The van der Waals surface area contributed by atoms with Crippen LogP contribution in [0, 0.1) is 0 Å². The van der Waals surface area contributed by atoms with Gasteiger partial charge in [0, 0.05) is 0 Å². The van der Waals surface area contributed by atoms with Crippen molar-refractivity contribution in [2.45, 2.75) is 26.2 Å². The average molecular weight is 202 g/mol. The Kier molecular flexibility index (Phi) is 4.69. The van der Waals surface area contributed by atoms with E-state index in [9.17, 15) is 5.11 Å². The van der Waals surface area contributed by atoms with Gasteiger partial charge in [0.15, 0.2) is 0 Å². The van der Waals surface area contributed by atoms with Gasteiger partial charge in [0.2, 0.25) is 0 Å². The summed E-state index contributed by atoms with van der Waals surface area (Å²) in [5.41, 5.74) is 2.33. The highest BCUT2D eigenvalue weighted by Crippen LogP contribution is 2.17. The van der Waals surface area contributed by atoms with E-state index >= 15 is 0 Å². The van der Waals surface area contributed by atoms with Crippen LogP contribution < -0.4 is 0 Å². The molecule has 80 valence electrons. The van der Waals surface area contributed by atoms with Crippen molar-refractivity contribution < 1.29 is 5.11 Å². The minimum Gasteiger partial charge on any atom is -0.508 e. The fraction of sp³-hybridized carbons (Fsp3) is 0.286. The second kappa shape index (κ2) is 6.07. The quantitative estimate of drug-likeness (QED) is 0.719. The van der Waals surface area contributed by atoms with E-state index in [0.29, 0.717) is 5.75 Å². The van der Waals surface area contributed by atoms with Gasteiger partial charge in [-0.3, -0.25) is 0 Å². The summed E-state index contributed by atoms with van der Waals surface area (Å²) >= 11 is 0. The summed E-state index contributed by atoms with van der Waals surface area (Å²) in [6, 6.07) is 7.46. The van der Waals surface area contributed by atoms with E-state index in [0.717, 1.165) is 24.8 Å². The van der Waals surface area contributed by atoms with Crippen LogP contribution in [0.25, 0.3) is 0 Å². The Labute approximate surface area is 91.8 Å². The minimum absolute atomic E-state index is 0.380. The first-order chi connectivity index (χ1) is 7.24. The van der Waals surface area contributed by atoms with E-state index in [-0.39, 0.29) is 0 Å².